The Morgan fingerprint density at radius 2 is 2.05 bits per heavy atom. The predicted octanol–water partition coefficient (Wildman–Crippen LogP) is 3.92. The van der Waals surface area contributed by atoms with Crippen LogP contribution in [0.15, 0.2) is 42.5 Å². The number of ether oxygens (including phenoxy) is 1. The van der Waals surface area contributed by atoms with Gasteiger partial charge in [-0.3, -0.25) is 0 Å². The molecule has 0 saturated carbocycles. The summed E-state index contributed by atoms with van der Waals surface area (Å²) in [5, 5.41) is 6.36. The third-order valence-electron chi connectivity index (χ3n) is 4.26. The van der Waals surface area contributed by atoms with Gasteiger partial charge in [-0.2, -0.15) is 0 Å². The molecule has 20 heavy (non-hydrogen) atoms. The average molecular weight is 269 g/mol. The lowest BCUT2D eigenvalue weighted by molar-refractivity contribution is 0.0540. The van der Waals surface area contributed by atoms with Crippen molar-refractivity contribution in [3.63, 3.8) is 0 Å². The van der Waals surface area contributed by atoms with E-state index in [-0.39, 0.29) is 0 Å². The maximum atomic E-state index is 5.55. The van der Waals surface area contributed by atoms with Crippen LogP contribution in [0.25, 0.3) is 10.8 Å². The van der Waals surface area contributed by atoms with Crippen molar-refractivity contribution in [2.24, 2.45) is 5.92 Å². The molecule has 0 amide bonds. The first kappa shape index (κ1) is 13.6. The maximum absolute atomic E-state index is 5.55. The standard InChI is InChI=1S/C18H23NO/c1-14(19-12-15-6-5-11-20-13-15)17-10-4-8-16-7-2-3-9-18(16)17/h2-4,7-10,14-15,19H,5-6,11-13H2,1H3. The summed E-state index contributed by atoms with van der Waals surface area (Å²) in [5.74, 6) is 0.668. The second-order valence-electron chi connectivity index (χ2n) is 5.78. The summed E-state index contributed by atoms with van der Waals surface area (Å²) >= 11 is 0. The molecule has 2 heteroatoms. The molecule has 2 nitrogen and oxygen atoms in total. The van der Waals surface area contributed by atoms with E-state index in [0.29, 0.717) is 12.0 Å². The first-order valence-electron chi connectivity index (χ1n) is 7.63. The van der Waals surface area contributed by atoms with Gasteiger partial charge in [0.2, 0.25) is 0 Å². The van der Waals surface area contributed by atoms with Crippen molar-refractivity contribution >= 4 is 10.8 Å². The molecule has 1 aliphatic heterocycles. The van der Waals surface area contributed by atoms with Gasteiger partial charge in [0.15, 0.2) is 0 Å². The SMILES string of the molecule is CC(NCC1CCCOC1)c1cccc2ccccc12. The van der Waals surface area contributed by atoms with E-state index in [2.05, 4.69) is 54.7 Å². The summed E-state index contributed by atoms with van der Waals surface area (Å²) in [4.78, 5) is 0. The number of hydrogen-bond donors (Lipinski definition) is 1. The molecule has 2 atom stereocenters. The van der Waals surface area contributed by atoms with Crippen LogP contribution in [0.2, 0.25) is 0 Å². The van der Waals surface area contributed by atoms with Crippen LogP contribution in [0.4, 0.5) is 0 Å². The molecule has 0 spiro atoms. The Morgan fingerprint density at radius 1 is 1.20 bits per heavy atom. The molecule has 1 aliphatic rings. The first-order valence-corrected chi connectivity index (χ1v) is 7.63. The molecule has 1 saturated heterocycles. The predicted molar refractivity (Wildman–Crippen MR) is 83.9 cm³/mol. The molecule has 2 aromatic rings. The van der Waals surface area contributed by atoms with Gasteiger partial charge < -0.3 is 10.1 Å². The summed E-state index contributed by atoms with van der Waals surface area (Å²) < 4.78 is 5.55. The summed E-state index contributed by atoms with van der Waals surface area (Å²) in [6.07, 6.45) is 2.49. The minimum atomic E-state index is 0.378. The van der Waals surface area contributed by atoms with E-state index in [0.717, 1.165) is 19.8 Å². The molecule has 2 aromatic carbocycles. The van der Waals surface area contributed by atoms with E-state index in [1.54, 1.807) is 0 Å². The Balaban J connectivity index is 1.70. The normalized spacial score (nSPS) is 20.9. The second kappa shape index (κ2) is 6.38. The lowest BCUT2D eigenvalue weighted by atomic mass is 9.98. The highest BCUT2D eigenvalue weighted by Gasteiger charge is 2.15. The topological polar surface area (TPSA) is 21.3 Å². The summed E-state index contributed by atoms with van der Waals surface area (Å²) in [6, 6.07) is 15.6. The molecular weight excluding hydrogens is 246 g/mol. The van der Waals surface area contributed by atoms with Gasteiger partial charge in [0.05, 0.1) is 6.61 Å². The zero-order valence-corrected chi connectivity index (χ0v) is 12.1. The van der Waals surface area contributed by atoms with Crippen molar-refractivity contribution in [1.82, 2.24) is 5.32 Å². The Labute approximate surface area is 121 Å². The third-order valence-corrected chi connectivity index (χ3v) is 4.26. The molecule has 2 unspecified atom stereocenters. The largest absolute Gasteiger partial charge is 0.381 e. The number of hydrogen-bond acceptors (Lipinski definition) is 2. The minimum Gasteiger partial charge on any atom is -0.381 e. The maximum Gasteiger partial charge on any atom is 0.0506 e. The summed E-state index contributed by atoms with van der Waals surface area (Å²) in [7, 11) is 0. The van der Waals surface area contributed by atoms with Crippen molar-refractivity contribution in [2.45, 2.75) is 25.8 Å². The number of fused-ring (bicyclic) bond motifs is 1. The van der Waals surface area contributed by atoms with Gasteiger partial charge in [0, 0.05) is 19.2 Å². The summed E-state index contributed by atoms with van der Waals surface area (Å²) in [5.41, 5.74) is 1.39. The lowest BCUT2D eigenvalue weighted by Crippen LogP contribution is -2.30. The molecule has 1 fully saturated rings. The first-order chi connectivity index (χ1) is 9.84. The highest BCUT2D eigenvalue weighted by molar-refractivity contribution is 5.86. The number of nitrogens with one attached hydrogen (secondary N) is 1. The second-order valence-corrected chi connectivity index (χ2v) is 5.78. The smallest absolute Gasteiger partial charge is 0.0506 e. The number of rotatable bonds is 4. The summed E-state index contributed by atoms with van der Waals surface area (Å²) in [6.45, 7) is 5.15. The van der Waals surface area contributed by atoms with Crippen LogP contribution in [0, 0.1) is 5.92 Å². The van der Waals surface area contributed by atoms with Crippen LogP contribution >= 0.6 is 0 Å². The zero-order chi connectivity index (χ0) is 13.8. The van der Waals surface area contributed by atoms with Crippen molar-refractivity contribution in [3.8, 4) is 0 Å². The molecule has 0 aliphatic carbocycles. The molecule has 106 valence electrons. The van der Waals surface area contributed by atoms with Crippen LogP contribution in [-0.2, 0) is 4.74 Å². The van der Waals surface area contributed by atoms with Gasteiger partial charge >= 0.3 is 0 Å². The quantitative estimate of drug-likeness (QED) is 0.908. The van der Waals surface area contributed by atoms with Crippen LogP contribution in [-0.4, -0.2) is 19.8 Å². The van der Waals surface area contributed by atoms with E-state index >= 15 is 0 Å². The molecule has 3 rings (SSSR count). The van der Waals surface area contributed by atoms with Gasteiger partial charge in [0.25, 0.3) is 0 Å². The molecule has 0 bridgehead atoms. The third kappa shape index (κ3) is 3.02. The van der Waals surface area contributed by atoms with Gasteiger partial charge in [-0.15, -0.1) is 0 Å². The van der Waals surface area contributed by atoms with Gasteiger partial charge in [-0.1, -0.05) is 42.5 Å². The van der Waals surface area contributed by atoms with Crippen LogP contribution in [0.5, 0.6) is 0 Å². The Hall–Kier alpha value is -1.38. The Bertz CT molecular complexity index is 555. The fourth-order valence-electron chi connectivity index (χ4n) is 3.05. The molecule has 1 N–H and O–H groups in total. The Kier molecular flexibility index (Phi) is 4.34. The highest BCUT2D eigenvalue weighted by Crippen LogP contribution is 2.24. The van der Waals surface area contributed by atoms with E-state index < -0.39 is 0 Å². The van der Waals surface area contributed by atoms with Crippen molar-refractivity contribution in [3.05, 3.63) is 48.0 Å². The Morgan fingerprint density at radius 3 is 2.90 bits per heavy atom. The van der Waals surface area contributed by atoms with Gasteiger partial charge in [-0.05, 0) is 42.0 Å². The fraction of sp³-hybridized carbons (Fsp3) is 0.444. The van der Waals surface area contributed by atoms with Crippen LogP contribution in [0.1, 0.15) is 31.4 Å². The van der Waals surface area contributed by atoms with Crippen molar-refractivity contribution in [2.75, 3.05) is 19.8 Å². The average Bonchev–Trinajstić information content (AvgIpc) is 2.53. The molecule has 0 aromatic heterocycles. The van der Waals surface area contributed by atoms with E-state index in [1.807, 2.05) is 0 Å². The van der Waals surface area contributed by atoms with Crippen LogP contribution < -0.4 is 5.32 Å². The molecular formula is C18H23NO. The number of benzene rings is 2. The molecule has 0 radical (unpaired) electrons. The van der Waals surface area contributed by atoms with Gasteiger partial charge in [0.1, 0.15) is 0 Å². The minimum absolute atomic E-state index is 0.378. The van der Waals surface area contributed by atoms with Crippen molar-refractivity contribution < 1.29 is 4.74 Å². The zero-order valence-electron chi connectivity index (χ0n) is 12.1. The van der Waals surface area contributed by atoms with Crippen molar-refractivity contribution in [1.29, 1.82) is 0 Å². The van der Waals surface area contributed by atoms with E-state index in [9.17, 15) is 0 Å². The lowest BCUT2D eigenvalue weighted by Gasteiger charge is -2.25. The van der Waals surface area contributed by atoms with Crippen LogP contribution in [0.3, 0.4) is 0 Å². The van der Waals surface area contributed by atoms with E-state index in [4.69, 9.17) is 4.74 Å². The van der Waals surface area contributed by atoms with E-state index in [1.165, 1.54) is 29.2 Å². The highest BCUT2D eigenvalue weighted by atomic mass is 16.5. The fourth-order valence-corrected chi connectivity index (χ4v) is 3.05. The van der Waals surface area contributed by atoms with Gasteiger partial charge in [-0.25, -0.2) is 0 Å². The monoisotopic (exact) mass is 269 g/mol. The molecule has 1 heterocycles.